The average molecular weight is 364 g/mol. The lowest BCUT2D eigenvalue weighted by Crippen LogP contribution is -2.62. The zero-order chi connectivity index (χ0) is 18.3. The van der Waals surface area contributed by atoms with E-state index in [1.165, 1.54) is 12.8 Å². The lowest BCUT2D eigenvalue weighted by molar-refractivity contribution is -0.0453. The highest BCUT2D eigenvalue weighted by Crippen LogP contribution is 2.39. The Bertz CT molecular complexity index is 563. The molecule has 3 aliphatic heterocycles. The molecule has 0 bridgehead atoms. The van der Waals surface area contributed by atoms with Crippen LogP contribution in [0.15, 0.2) is 0 Å². The molecule has 4 fully saturated rings. The van der Waals surface area contributed by atoms with Gasteiger partial charge in [0.05, 0.1) is 17.7 Å². The van der Waals surface area contributed by atoms with Crippen LogP contribution in [-0.2, 0) is 0 Å². The first-order valence-electron chi connectivity index (χ1n) is 10.4. The summed E-state index contributed by atoms with van der Waals surface area (Å²) in [4.78, 5) is 30.5. The predicted molar refractivity (Wildman–Crippen MR) is 98.0 cm³/mol. The molecule has 1 saturated carbocycles. The highest BCUT2D eigenvalue weighted by Gasteiger charge is 2.49. The number of rotatable bonds is 3. The Hall–Kier alpha value is -1.50. The van der Waals surface area contributed by atoms with Crippen LogP contribution in [0.25, 0.3) is 0 Å². The van der Waals surface area contributed by atoms with Crippen LogP contribution in [0.3, 0.4) is 0 Å². The van der Waals surface area contributed by atoms with Gasteiger partial charge in [0, 0.05) is 25.7 Å². The number of carboxylic acid groups (broad SMARTS) is 1. The minimum atomic E-state index is -0.796. The Morgan fingerprint density at radius 1 is 1.15 bits per heavy atom. The second-order valence-corrected chi connectivity index (χ2v) is 8.41. The topological polar surface area (TPSA) is 76.1 Å². The Kier molecular flexibility index (Phi) is 4.75. The van der Waals surface area contributed by atoms with Crippen molar-refractivity contribution in [1.82, 2.24) is 20.0 Å². The fraction of sp³-hybridized carbons (Fsp3) is 0.895. The van der Waals surface area contributed by atoms with Gasteiger partial charge in [-0.15, -0.1) is 0 Å². The van der Waals surface area contributed by atoms with E-state index < -0.39 is 6.09 Å². The molecule has 26 heavy (non-hydrogen) atoms. The zero-order valence-corrected chi connectivity index (χ0v) is 15.8. The van der Waals surface area contributed by atoms with Crippen molar-refractivity contribution in [2.24, 2.45) is 0 Å². The molecule has 0 radical (unpaired) electrons. The highest BCUT2D eigenvalue weighted by molar-refractivity contribution is 5.78. The van der Waals surface area contributed by atoms with Crippen molar-refractivity contribution < 1.29 is 14.7 Å². The molecule has 0 spiro atoms. The van der Waals surface area contributed by atoms with Gasteiger partial charge in [-0.2, -0.15) is 0 Å². The minimum Gasteiger partial charge on any atom is -0.465 e. The third-order valence-corrected chi connectivity index (χ3v) is 7.34. The van der Waals surface area contributed by atoms with Crippen molar-refractivity contribution in [3.05, 3.63) is 0 Å². The second-order valence-electron chi connectivity index (χ2n) is 8.41. The molecule has 0 aromatic heterocycles. The Balaban J connectivity index is 1.44. The molecule has 1 unspecified atom stereocenters. The molecule has 2 N–H and O–H groups in total. The number of hydrogen-bond acceptors (Lipinski definition) is 3. The first-order chi connectivity index (χ1) is 12.6. The van der Waals surface area contributed by atoms with E-state index in [4.69, 9.17) is 0 Å². The number of nitrogens with zero attached hydrogens (tertiary/aromatic N) is 3. The van der Waals surface area contributed by atoms with Crippen LogP contribution in [0, 0.1) is 0 Å². The maximum absolute atomic E-state index is 12.6. The van der Waals surface area contributed by atoms with Gasteiger partial charge in [0.2, 0.25) is 0 Å². The number of carbonyl (C=O) groups is 2. The summed E-state index contributed by atoms with van der Waals surface area (Å²) in [6, 6.07) is 1.13. The van der Waals surface area contributed by atoms with Gasteiger partial charge in [-0.3, -0.25) is 9.80 Å². The van der Waals surface area contributed by atoms with E-state index in [0.29, 0.717) is 24.7 Å². The van der Waals surface area contributed by atoms with Gasteiger partial charge in [-0.1, -0.05) is 19.8 Å². The lowest BCUT2D eigenvalue weighted by Gasteiger charge is -2.49. The van der Waals surface area contributed by atoms with E-state index in [1.54, 1.807) is 4.90 Å². The van der Waals surface area contributed by atoms with Gasteiger partial charge >= 0.3 is 12.1 Å². The van der Waals surface area contributed by atoms with Crippen molar-refractivity contribution in [2.45, 2.75) is 88.5 Å². The average Bonchev–Trinajstić information content (AvgIpc) is 3.23. The number of piperidine rings is 1. The van der Waals surface area contributed by atoms with E-state index in [9.17, 15) is 14.7 Å². The van der Waals surface area contributed by atoms with E-state index in [-0.39, 0.29) is 11.7 Å². The Labute approximate surface area is 155 Å². The fourth-order valence-corrected chi connectivity index (χ4v) is 6.05. The lowest BCUT2D eigenvalue weighted by atomic mass is 9.89. The van der Waals surface area contributed by atoms with Crippen LogP contribution >= 0.6 is 0 Å². The number of hydrogen-bond donors (Lipinski definition) is 2. The van der Waals surface area contributed by atoms with E-state index in [2.05, 4.69) is 22.0 Å². The largest absolute Gasteiger partial charge is 0.465 e. The molecular formula is C19H32N4O3. The van der Waals surface area contributed by atoms with Crippen molar-refractivity contribution in [3.63, 3.8) is 0 Å². The molecule has 7 heteroatoms. The van der Waals surface area contributed by atoms with Crippen LogP contribution in [0.2, 0.25) is 0 Å². The molecule has 1 aliphatic carbocycles. The monoisotopic (exact) mass is 364 g/mol. The van der Waals surface area contributed by atoms with Gasteiger partial charge < -0.3 is 15.3 Å². The highest BCUT2D eigenvalue weighted by atomic mass is 16.4. The molecule has 4 aliphatic rings. The first kappa shape index (κ1) is 17.9. The molecular weight excluding hydrogens is 332 g/mol. The summed E-state index contributed by atoms with van der Waals surface area (Å²) in [7, 11) is 0. The van der Waals surface area contributed by atoms with Gasteiger partial charge in [-0.05, 0) is 44.9 Å². The van der Waals surface area contributed by atoms with E-state index in [1.807, 2.05) is 0 Å². The van der Waals surface area contributed by atoms with E-state index >= 15 is 0 Å². The van der Waals surface area contributed by atoms with Crippen LogP contribution in [0.4, 0.5) is 9.59 Å². The molecule has 146 valence electrons. The van der Waals surface area contributed by atoms with Crippen molar-refractivity contribution in [3.8, 4) is 0 Å². The summed E-state index contributed by atoms with van der Waals surface area (Å²) < 4.78 is 0. The van der Waals surface area contributed by atoms with Crippen LogP contribution in [0.1, 0.15) is 64.7 Å². The van der Waals surface area contributed by atoms with E-state index in [0.717, 1.165) is 58.0 Å². The standard InChI is InChI=1S/C19H32N4O3/c1-2-19(10-5-11-22(19)18(25)26)21-12-8-14(9-13-21)23-16-7-4-3-6-15(16)20-17(23)24/h14-16H,2-13H2,1H3,(H,20,24)(H,25,26)/t15-,16-,19?/m0/s1. The predicted octanol–water partition coefficient (Wildman–Crippen LogP) is 2.67. The minimum absolute atomic E-state index is 0.124. The molecule has 3 amide bonds. The van der Waals surface area contributed by atoms with Crippen molar-refractivity contribution >= 4 is 12.1 Å². The molecule has 0 aromatic carbocycles. The van der Waals surface area contributed by atoms with Gasteiger partial charge in [0.25, 0.3) is 0 Å². The summed E-state index contributed by atoms with van der Waals surface area (Å²) in [5.41, 5.74) is -0.336. The van der Waals surface area contributed by atoms with Gasteiger partial charge in [0.15, 0.2) is 0 Å². The molecule has 3 saturated heterocycles. The summed E-state index contributed by atoms with van der Waals surface area (Å²) in [6.07, 6.45) is 8.48. The molecule has 3 atom stereocenters. The third-order valence-electron chi connectivity index (χ3n) is 7.34. The smallest absolute Gasteiger partial charge is 0.408 e. The number of nitrogens with one attached hydrogen (secondary N) is 1. The SMILES string of the molecule is CCC1(N2CCC(N3C(=O)N[C@H]4CCCC[C@@H]43)CC2)CCCN1C(=O)O. The molecule has 4 rings (SSSR count). The molecule has 0 aromatic rings. The normalized spacial score (nSPS) is 36.3. The van der Waals surface area contributed by atoms with Crippen LogP contribution < -0.4 is 5.32 Å². The van der Waals surface area contributed by atoms with Crippen LogP contribution in [-0.4, -0.2) is 75.4 Å². The number of fused-ring (bicyclic) bond motifs is 1. The zero-order valence-electron chi connectivity index (χ0n) is 15.8. The van der Waals surface area contributed by atoms with Gasteiger partial charge in [0.1, 0.15) is 0 Å². The summed E-state index contributed by atoms with van der Waals surface area (Å²) in [5, 5.41) is 12.8. The van der Waals surface area contributed by atoms with Crippen LogP contribution in [0.5, 0.6) is 0 Å². The third kappa shape index (κ3) is 2.75. The number of urea groups is 1. The van der Waals surface area contributed by atoms with Gasteiger partial charge in [-0.25, -0.2) is 9.59 Å². The second kappa shape index (κ2) is 6.91. The molecule has 7 nitrogen and oxygen atoms in total. The maximum atomic E-state index is 12.6. The maximum Gasteiger partial charge on any atom is 0.408 e. The Morgan fingerprint density at radius 3 is 2.58 bits per heavy atom. The van der Waals surface area contributed by atoms with Crippen molar-refractivity contribution in [2.75, 3.05) is 19.6 Å². The Morgan fingerprint density at radius 2 is 1.88 bits per heavy atom. The summed E-state index contributed by atoms with van der Waals surface area (Å²) in [6.45, 7) is 4.50. The summed E-state index contributed by atoms with van der Waals surface area (Å²) >= 11 is 0. The molecule has 3 heterocycles. The fourth-order valence-electron chi connectivity index (χ4n) is 6.05. The van der Waals surface area contributed by atoms with Crippen molar-refractivity contribution in [1.29, 1.82) is 0 Å². The first-order valence-corrected chi connectivity index (χ1v) is 10.4. The number of amides is 3. The number of likely N-dealkylation sites (tertiary alicyclic amines) is 2. The quantitative estimate of drug-likeness (QED) is 0.807. The number of carbonyl (C=O) groups excluding carboxylic acids is 1. The summed E-state index contributed by atoms with van der Waals surface area (Å²) in [5.74, 6) is 0.